The smallest absolute Gasteiger partial charge is 0.251 e. The molecule has 2 aromatic rings. The quantitative estimate of drug-likeness (QED) is 0.874. The molecule has 100 valence electrons. The molecule has 1 aromatic heterocycles. The Bertz CT molecular complexity index is 592. The van der Waals surface area contributed by atoms with E-state index in [1.54, 1.807) is 19.1 Å². The Morgan fingerprint density at radius 3 is 2.84 bits per heavy atom. The molecular weight excluding hydrogens is 248 g/mol. The first-order chi connectivity index (χ1) is 9.10. The maximum Gasteiger partial charge on any atom is 0.251 e. The van der Waals surface area contributed by atoms with Gasteiger partial charge in [-0.15, -0.1) is 0 Å². The summed E-state index contributed by atoms with van der Waals surface area (Å²) >= 11 is 0. The van der Waals surface area contributed by atoms with Crippen LogP contribution < -0.4 is 10.1 Å². The van der Waals surface area contributed by atoms with E-state index in [9.17, 15) is 9.90 Å². The van der Waals surface area contributed by atoms with Crippen LogP contribution in [0.5, 0.6) is 11.5 Å². The average molecular weight is 262 g/mol. The zero-order valence-corrected chi connectivity index (χ0v) is 10.6. The lowest BCUT2D eigenvalue weighted by Gasteiger charge is -2.06. The first kappa shape index (κ1) is 12.9. The molecule has 0 aliphatic heterocycles. The van der Waals surface area contributed by atoms with E-state index in [4.69, 9.17) is 9.26 Å². The zero-order chi connectivity index (χ0) is 13.8. The van der Waals surface area contributed by atoms with Gasteiger partial charge in [0.15, 0.2) is 17.3 Å². The normalized spacial score (nSPS) is 10.2. The number of hydrogen-bond acceptors (Lipinski definition) is 5. The molecular formula is C13H14N2O4. The van der Waals surface area contributed by atoms with Crippen LogP contribution in [0.1, 0.15) is 21.8 Å². The van der Waals surface area contributed by atoms with E-state index < -0.39 is 0 Å². The Hall–Kier alpha value is -2.50. The van der Waals surface area contributed by atoms with Crippen LogP contribution in [-0.4, -0.2) is 23.3 Å². The second-order valence-corrected chi connectivity index (χ2v) is 4.00. The van der Waals surface area contributed by atoms with E-state index in [-0.39, 0.29) is 18.2 Å². The summed E-state index contributed by atoms with van der Waals surface area (Å²) in [6.07, 6.45) is 0. The fourth-order valence-corrected chi connectivity index (χ4v) is 1.60. The predicted molar refractivity (Wildman–Crippen MR) is 67.1 cm³/mol. The zero-order valence-electron chi connectivity index (χ0n) is 10.6. The van der Waals surface area contributed by atoms with Crippen molar-refractivity contribution in [2.45, 2.75) is 13.5 Å². The Balaban J connectivity index is 2.01. The van der Waals surface area contributed by atoms with Crippen molar-refractivity contribution >= 4 is 5.91 Å². The van der Waals surface area contributed by atoms with Gasteiger partial charge in [-0.05, 0) is 25.1 Å². The third-order valence-electron chi connectivity index (χ3n) is 2.54. The minimum Gasteiger partial charge on any atom is -0.504 e. The van der Waals surface area contributed by atoms with Crippen molar-refractivity contribution in [1.29, 1.82) is 0 Å². The summed E-state index contributed by atoms with van der Waals surface area (Å²) in [5, 5.41) is 16.0. The molecule has 0 saturated heterocycles. The number of aryl methyl sites for hydroxylation is 1. The predicted octanol–water partition coefficient (Wildman–Crippen LogP) is 1.63. The van der Waals surface area contributed by atoms with Crippen molar-refractivity contribution < 1.29 is 19.2 Å². The van der Waals surface area contributed by atoms with E-state index in [2.05, 4.69) is 10.5 Å². The molecule has 6 heteroatoms. The van der Waals surface area contributed by atoms with Crippen molar-refractivity contribution in [3.8, 4) is 11.5 Å². The maximum absolute atomic E-state index is 11.9. The fourth-order valence-electron chi connectivity index (χ4n) is 1.60. The Labute approximate surface area is 110 Å². The van der Waals surface area contributed by atoms with Crippen molar-refractivity contribution in [3.05, 3.63) is 41.3 Å². The lowest BCUT2D eigenvalue weighted by atomic mass is 10.2. The third kappa shape index (κ3) is 3.04. The first-order valence-corrected chi connectivity index (χ1v) is 5.67. The van der Waals surface area contributed by atoms with Gasteiger partial charge in [-0.25, -0.2) is 0 Å². The van der Waals surface area contributed by atoms with Gasteiger partial charge in [-0.2, -0.15) is 0 Å². The number of nitrogens with one attached hydrogen (secondary N) is 1. The highest BCUT2D eigenvalue weighted by molar-refractivity contribution is 5.94. The number of hydrogen-bond donors (Lipinski definition) is 2. The maximum atomic E-state index is 11.9. The number of ether oxygens (including phenoxy) is 1. The number of carbonyl (C=O) groups is 1. The van der Waals surface area contributed by atoms with Gasteiger partial charge in [0, 0.05) is 11.6 Å². The highest BCUT2D eigenvalue weighted by atomic mass is 16.5. The number of aromatic nitrogens is 1. The largest absolute Gasteiger partial charge is 0.504 e. The van der Waals surface area contributed by atoms with Gasteiger partial charge in [0.2, 0.25) is 0 Å². The minimum atomic E-state index is -0.313. The molecule has 0 unspecified atom stereocenters. The topological polar surface area (TPSA) is 84.6 Å². The highest BCUT2D eigenvalue weighted by Gasteiger charge is 2.10. The van der Waals surface area contributed by atoms with E-state index in [0.29, 0.717) is 17.1 Å². The molecule has 0 aliphatic carbocycles. The molecule has 0 saturated carbocycles. The summed E-state index contributed by atoms with van der Waals surface area (Å²) in [6, 6.07) is 6.19. The summed E-state index contributed by atoms with van der Waals surface area (Å²) < 4.78 is 9.88. The molecule has 2 rings (SSSR count). The molecule has 19 heavy (non-hydrogen) atoms. The van der Waals surface area contributed by atoms with Gasteiger partial charge in [-0.1, -0.05) is 5.16 Å². The molecule has 1 aromatic carbocycles. The number of aromatic hydroxyl groups is 1. The van der Waals surface area contributed by atoms with Crippen molar-refractivity contribution in [2.75, 3.05) is 7.11 Å². The number of carbonyl (C=O) groups excluding carboxylic acids is 1. The third-order valence-corrected chi connectivity index (χ3v) is 2.54. The number of phenols is 1. The van der Waals surface area contributed by atoms with Gasteiger partial charge in [0.1, 0.15) is 0 Å². The van der Waals surface area contributed by atoms with E-state index in [0.717, 1.165) is 5.69 Å². The molecule has 0 atom stereocenters. The number of amides is 1. The number of methoxy groups -OCH3 is 1. The lowest BCUT2D eigenvalue weighted by molar-refractivity contribution is 0.0946. The first-order valence-electron chi connectivity index (χ1n) is 5.67. The van der Waals surface area contributed by atoms with Crippen LogP contribution in [0.4, 0.5) is 0 Å². The second kappa shape index (κ2) is 5.43. The molecule has 0 fully saturated rings. The molecule has 0 aliphatic rings. The van der Waals surface area contributed by atoms with Crippen LogP contribution in [0.15, 0.2) is 28.8 Å². The monoisotopic (exact) mass is 262 g/mol. The minimum absolute atomic E-state index is 0.0781. The van der Waals surface area contributed by atoms with Crippen LogP contribution in [0, 0.1) is 6.92 Å². The van der Waals surface area contributed by atoms with Gasteiger partial charge >= 0.3 is 0 Å². The fraction of sp³-hybridized carbons (Fsp3) is 0.231. The van der Waals surface area contributed by atoms with Gasteiger partial charge in [0.25, 0.3) is 5.91 Å². The van der Waals surface area contributed by atoms with E-state index in [1.165, 1.54) is 19.2 Å². The van der Waals surface area contributed by atoms with Gasteiger partial charge in [0.05, 0.1) is 19.3 Å². The highest BCUT2D eigenvalue weighted by Crippen LogP contribution is 2.26. The molecule has 0 bridgehead atoms. The van der Waals surface area contributed by atoms with Crippen molar-refractivity contribution in [1.82, 2.24) is 10.5 Å². The SMILES string of the molecule is COc1ccc(C(=O)NCc2cc(C)no2)cc1O. The average Bonchev–Trinajstić information content (AvgIpc) is 2.81. The molecule has 1 amide bonds. The summed E-state index contributed by atoms with van der Waals surface area (Å²) in [5.74, 6) is 0.503. The van der Waals surface area contributed by atoms with Crippen LogP contribution in [0.2, 0.25) is 0 Å². The van der Waals surface area contributed by atoms with Crippen LogP contribution in [-0.2, 0) is 6.54 Å². The summed E-state index contributed by atoms with van der Waals surface area (Å²) in [6.45, 7) is 2.04. The van der Waals surface area contributed by atoms with Crippen LogP contribution in [0.3, 0.4) is 0 Å². The van der Waals surface area contributed by atoms with Crippen LogP contribution in [0.25, 0.3) is 0 Å². The Kier molecular flexibility index (Phi) is 3.70. The number of benzene rings is 1. The number of phenolic OH excluding ortho intramolecular Hbond substituents is 1. The number of nitrogens with zero attached hydrogens (tertiary/aromatic N) is 1. The van der Waals surface area contributed by atoms with Gasteiger partial charge in [-0.3, -0.25) is 4.79 Å². The Morgan fingerprint density at radius 2 is 2.26 bits per heavy atom. The summed E-state index contributed by atoms with van der Waals surface area (Å²) in [7, 11) is 1.45. The Morgan fingerprint density at radius 1 is 1.47 bits per heavy atom. The van der Waals surface area contributed by atoms with Crippen molar-refractivity contribution in [3.63, 3.8) is 0 Å². The molecule has 1 heterocycles. The number of rotatable bonds is 4. The molecule has 0 radical (unpaired) electrons. The van der Waals surface area contributed by atoms with Crippen molar-refractivity contribution in [2.24, 2.45) is 0 Å². The lowest BCUT2D eigenvalue weighted by Crippen LogP contribution is -2.22. The standard InChI is InChI=1S/C13H14N2O4/c1-8-5-10(19-15-8)7-14-13(17)9-3-4-12(18-2)11(16)6-9/h3-6,16H,7H2,1-2H3,(H,14,17). The van der Waals surface area contributed by atoms with Crippen LogP contribution >= 0.6 is 0 Å². The van der Waals surface area contributed by atoms with E-state index in [1.807, 2.05) is 0 Å². The van der Waals surface area contributed by atoms with Gasteiger partial charge < -0.3 is 19.7 Å². The molecule has 6 nitrogen and oxygen atoms in total. The molecule has 0 spiro atoms. The summed E-state index contributed by atoms with van der Waals surface area (Å²) in [4.78, 5) is 11.9. The molecule has 2 N–H and O–H groups in total. The second-order valence-electron chi connectivity index (χ2n) is 4.00. The summed E-state index contributed by atoms with van der Waals surface area (Å²) in [5.41, 5.74) is 1.10. The van der Waals surface area contributed by atoms with E-state index >= 15 is 0 Å².